The predicted octanol–water partition coefficient (Wildman–Crippen LogP) is 3.48. The van der Waals surface area contributed by atoms with Crippen LogP contribution in [0, 0.1) is 24.1 Å². The van der Waals surface area contributed by atoms with E-state index in [4.69, 9.17) is 16.9 Å². The number of nitrogens with one attached hydrogen (secondary N) is 2. The van der Waals surface area contributed by atoms with E-state index in [0.717, 1.165) is 16.7 Å². The minimum Gasteiger partial charge on any atom is -0.341 e. The number of hydrogen-bond donors (Lipinski definition) is 2. The minimum absolute atomic E-state index is 0.0288. The molecule has 0 saturated carbocycles. The third kappa shape index (κ3) is 4.58. The molecule has 0 bridgehead atoms. The van der Waals surface area contributed by atoms with Crippen molar-refractivity contribution in [2.45, 2.75) is 31.0 Å². The van der Waals surface area contributed by atoms with E-state index in [1.165, 1.54) is 24.8 Å². The molecular weight excluding hydrogens is 452 g/mol. The van der Waals surface area contributed by atoms with Gasteiger partial charge in [0.1, 0.15) is 28.5 Å². The van der Waals surface area contributed by atoms with Gasteiger partial charge in [0.05, 0.1) is 10.6 Å². The van der Waals surface area contributed by atoms with E-state index in [1.54, 1.807) is 6.07 Å². The van der Waals surface area contributed by atoms with Crippen LogP contribution in [0.25, 0.3) is 0 Å². The van der Waals surface area contributed by atoms with Crippen molar-refractivity contribution in [3.8, 4) is 6.07 Å². The van der Waals surface area contributed by atoms with Crippen molar-refractivity contribution in [1.29, 1.82) is 5.26 Å². The van der Waals surface area contributed by atoms with Gasteiger partial charge in [-0.05, 0) is 32.0 Å². The SMILES string of the molecule is Cc1c(S(=O)(=O)NC(C)C(F)(F)F)c(Cl)c(C(=O)Nc2ccc(F)c(C#N)c2)n1C. The Kier molecular flexibility index (Phi) is 6.51. The van der Waals surface area contributed by atoms with Gasteiger partial charge >= 0.3 is 6.18 Å². The summed E-state index contributed by atoms with van der Waals surface area (Å²) in [7, 11) is -3.42. The molecule has 2 aromatic rings. The Morgan fingerprint density at radius 3 is 2.47 bits per heavy atom. The number of nitrogens with zero attached hydrogens (tertiary/aromatic N) is 2. The molecule has 1 atom stereocenters. The van der Waals surface area contributed by atoms with Gasteiger partial charge in [0, 0.05) is 18.4 Å². The molecule has 1 unspecified atom stereocenters. The highest BCUT2D eigenvalue weighted by Crippen LogP contribution is 2.33. The molecule has 0 spiro atoms. The summed E-state index contributed by atoms with van der Waals surface area (Å²) in [5, 5.41) is 10.6. The second kappa shape index (κ2) is 8.25. The number of amides is 1. The molecule has 13 heteroatoms. The Morgan fingerprint density at radius 1 is 1.33 bits per heavy atom. The number of nitriles is 1. The lowest BCUT2D eigenvalue weighted by molar-refractivity contribution is -0.147. The molecule has 0 aliphatic carbocycles. The van der Waals surface area contributed by atoms with Crippen LogP contribution in [0.15, 0.2) is 23.1 Å². The number of sulfonamides is 1. The lowest BCUT2D eigenvalue weighted by Crippen LogP contribution is -2.43. The molecule has 7 nitrogen and oxygen atoms in total. The van der Waals surface area contributed by atoms with E-state index in [1.807, 2.05) is 0 Å². The van der Waals surface area contributed by atoms with Crippen LogP contribution >= 0.6 is 11.6 Å². The molecule has 1 heterocycles. The maximum absolute atomic E-state index is 13.4. The molecule has 162 valence electrons. The molecule has 0 aliphatic rings. The third-order valence-electron chi connectivity index (χ3n) is 4.23. The fourth-order valence-corrected chi connectivity index (χ4v) is 4.76. The van der Waals surface area contributed by atoms with Crippen molar-refractivity contribution < 1.29 is 30.8 Å². The Labute approximate surface area is 174 Å². The quantitative estimate of drug-likeness (QED) is 0.658. The number of benzene rings is 1. The van der Waals surface area contributed by atoms with Gasteiger partial charge in [-0.3, -0.25) is 4.79 Å². The standard InChI is InChI=1S/C17H15ClF4N4O3S/c1-8-15(30(28,29)25-9(2)17(20,21)22)13(18)14(26(8)3)16(27)24-11-4-5-12(19)10(6-11)7-23/h4-6,9,25H,1-3H3,(H,24,27). The van der Waals surface area contributed by atoms with Crippen molar-refractivity contribution in [1.82, 2.24) is 9.29 Å². The van der Waals surface area contributed by atoms with Crippen LogP contribution in [0.1, 0.15) is 28.7 Å². The van der Waals surface area contributed by atoms with Crippen LogP contribution in [0.3, 0.4) is 0 Å². The number of rotatable bonds is 5. The van der Waals surface area contributed by atoms with E-state index < -0.39 is 43.9 Å². The van der Waals surface area contributed by atoms with Crippen molar-refractivity contribution >= 4 is 33.2 Å². The number of anilines is 1. The molecule has 0 radical (unpaired) electrons. The molecule has 0 saturated heterocycles. The number of halogens is 5. The molecule has 1 aromatic heterocycles. The van der Waals surface area contributed by atoms with E-state index in [0.29, 0.717) is 6.92 Å². The topological polar surface area (TPSA) is 104 Å². The Hall–Kier alpha value is -2.62. The highest BCUT2D eigenvalue weighted by molar-refractivity contribution is 7.89. The minimum atomic E-state index is -4.83. The normalized spacial score (nSPS) is 13.0. The molecule has 2 rings (SSSR count). The van der Waals surface area contributed by atoms with Crippen LogP contribution < -0.4 is 10.0 Å². The summed E-state index contributed by atoms with van der Waals surface area (Å²) in [5.41, 5.74) is -0.738. The molecule has 0 fully saturated rings. The van der Waals surface area contributed by atoms with E-state index >= 15 is 0 Å². The second-order valence-electron chi connectivity index (χ2n) is 6.28. The average molecular weight is 467 g/mol. The number of carbonyl (C=O) groups excluding carboxylic acids is 1. The summed E-state index contributed by atoms with van der Waals surface area (Å²) < 4.78 is 79.2. The molecule has 1 amide bonds. The van der Waals surface area contributed by atoms with Crippen LogP contribution in [0.2, 0.25) is 5.02 Å². The van der Waals surface area contributed by atoms with Crippen LogP contribution in [0.5, 0.6) is 0 Å². The van der Waals surface area contributed by atoms with Gasteiger partial charge in [0.25, 0.3) is 5.91 Å². The van der Waals surface area contributed by atoms with Crippen molar-refractivity contribution in [2.24, 2.45) is 7.05 Å². The van der Waals surface area contributed by atoms with Gasteiger partial charge < -0.3 is 9.88 Å². The molecular formula is C17H15ClF4N4O3S. The predicted molar refractivity (Wildman–Crippen MR) is 100 cm³/mol. The van der Waals surface area contributed by atoms with Gasteiger partial charge in [-0.25, -0.2) is 12.8 Å². The zero-order valence-corrected chi connectivity index (χ0v) is 17.3. The smallest absolute Gasteiger partial charge is 0.341 e. The van der Waals surface area contributed by atoms with Gasteiger partial charge in [-0.15, -0.1) is 0 Å². The highest BCUT2D eigenvalue weighted by Gasteiger charge is 2.40. The molecule has 0 aliphatic heterocycles. The first kappa shape index (κ1) is 23.7. The van der Waals surface area contributed by atoms with Gasteiger partial charge in [0.2, 0.25) is 10.0 Å². The number of carbonyl (C=O) groups is 1. The van der Waals surface area contributed by atoms with Gasteiger partial charge in [-0.1, -0.05) is 11.6 Å². The first-order valence-electron chi connectivity index (χ1n) is 8.15. The Morgan fingerprint density at radius 2 is 1.93 bits per heavy atom. The number of alkyl halides is 3. The number of hydrogen-bond acceptors (Lipinski definition) is 4. The van der Waals surface area contributed by atoms with Crippen molar-refractivity contribution in [2.75, 3.05) is 5.32 Å². The van der Waals surface area contributed by atoms with Crippen molar-refractivity contribution in [3.05, 3.63) is 46.0 Å². The Bertz CT molecular complexity index is 1150. The average Bonchev–Trinajstić information content (AvgIpc) is 2.84. The zero-order valence-electron chi connectivity index (χ0n) is 15.7. The van der Waals surface area contributed by atoms with Gasteiger partial charge in [-0.2, -0.15) is 23.2 Å². The summed E-state index contributed by atoms with van der Waals surface area (Å²) >= 11 is 6.07. The monoisotopic (exact) mass is 466 g/mol. The largest absolute Gasteiger partial charge is 0.404 e. The van der Waals surface area contributed by atoms with E-state index in [9.17, 15) is 30.8 Å². The second-order valence-corrected chi connectivity index (χ2v) is 8.31. The first-order valence-corrected chi connectivity index (χ1v) is 10.0. The summed E-state index contributed by atoms with van der Waals surface area (Å²) in [6.45, 7) is 1.89. The maximum Gasteiger partial charge on any atom is 0.404 e. The summed E-state index contributed by atoms with van der Waals surface area (Å²) in [4.78, 5) is 11.9. The zero-order chi connectivity index (χ0) is 23.0. The number of aromatic nitrogens is 1. The third-order valence-corrected chi connectivity index (χ3v) is 6.41. The lowest BCUT2D eigenvalue weighted by atomic mass is 10.2. The van der Waals surface area contributed by atoms with Crippen molar-refractivity contribution in [3.63, 3.8) is 0 Å². The van der Waals surface area contributed by atoms with Crippen LogP contribution in [-0.2, 0) is 17.1 Å². The van der Waals surface area contributed by atoms with Crippen LogP contribution in [0.4, 0.5) is 23.2 Å². The molecule has 1 aromatic carbocycles. The highest BCUT2D eigenvalue weighted by atomic mass is 35.5. The summed E-state index contributed by atoms with van der Waals surface area (Å²) in [6, 6.07) is 2.38. The van der Waals surface area contributed by atoms with Gasteiger partial charge in [0.15, 0.2) is 0 Å². The summed E-state index contributed by atoms with van der Waals surface area (Å²) in [5.74, 6) is -1.71. The maximum atomic E-state index is 13.4. The molecule has 30 heavy (non-hydrogen) atoms. The van der Waals surface area contributed by atoms with E-state index in [2.05, 4.69) is 5.32 Å². The Balaban J connectivity index is 2.45. The molecule has 2 N–H and O–H groups in total. The lowest BCUT2D eigenvalue weighted by Gasteiger charge is -2.17. The first-order chi connectivity index (χ1) is 13.7. The van der Waals surface area contributed by atoms with Crippen LogP contribution in [-0.4, -0.2) is 31.1 Å². The van der Waals surface area contributed by atoms with E-state index in [-0.39, 0.29) is 22.6 Å². The fourth-order valence-electron chi connectivity index (χ4n) is 2.54. The fraction of sp³-hybridized carbons (Fsp3) is 0.294. The summed E-state index contributed by atoms with van der Waals surface area (Å²) in [6.07, 6.45) is -4.83.